The number of benzene rings is 2. The lowest BCUT2D eigenvalue weighted by Crippen LogP contribution is -2.37. The van der Waals surface area contributed by atoms with Gasteiger partial charge in [0.05, 0.1) is 13.2 Å². The first-order chi connectivity index (χ1) is 13.1. The number of methoxy groups -OCH3 is 1. The molecule has 0 aliphatic carbocycles. The van der Waals surface area contributed by atoms with Gasteiger partial charge in [0.2, 0.25) is 5.91 Å². The molecule has 2 aliphatic heterocycles. The van der Waals surface area contributed by atoms with Gasteiger partial charge in [-0.1, -0.05) is 6.07 Å². The number of amides is 2. The van der Waals surface area contributed by atoms with Gasteiger partial charge in [0.1, 0.15) is 19.0 Å². The van der Waals surface area contributed by atoms with Crippen LogP contribution in [0.15, 0.2) is 42.5 Å². The molecule has 0 radical (unpaired) electrons. The number of nitrogens with one attached hydrogen (secondary N) is 1. The topological polar surface area (TPSA) is 77.1 Å². The van der Waals surface area contributed by atoms with Crippen molar-refractivity contribution in [3.63, 3.8) is 0 Å². The summed E-state index contributed by atoms with van der Waals surface area (Å²) in [7, 11) is 1.55. The van der Waals surface area contributed by atoms with Crippen molar-refractivity contribution in [2.45, 2.75) is 12.5 Å². The molecule has 0 aromatic heterocycles. The Labute approximate surface area is 156 Å². The van der Waals surface area contributed by atoms with Crippen LogP contribution in [0.3, 0.4) is 0 Å². The fraction of sp³-hybridized carbons (Fsp3) is 0.300. The maximum absolute atomic E-state index is 12.5. The van der Waals surface area contributed by atoms with Crippen LogP contribution in [-0.2, 0) is 4.79 Å². The van der Waals surface area contributed by atoms with Gasteiger partial charge in [0, 0.05) is 30.3 Å². The van der Waals surface area contributed by atoms with Crippen molar-refractivity contribution in [1.29, 1.82) is 0 Å². The summed E-state index contributed by atoms with van der Waals surface area (Å²) in [5.41, 5.74) is 1.24. The second-order valence-electron chi connectivity index (χ2n) is 6.44. The van der Waals surface area contributed by atoms with Gasteiger partial charge in [0.15, 0.2) is 11.5 Å². The summed E-state index contributed by atoms with van der Waals surface area (Å²) in [4.78, 5) is 26.6. The van der Waals surface area contributed by atoms with E-state index in [1.165, 1.54) is 0 Å². The van der Waals surface area contributed by atoms with Crippen molar-refractivity contribution in [2.75, 3.05) is 31.8 Å². The quantitative estimate of drug-likeness (QED) is 0.893. The summed E-state index contributed by atoms with van der Waals surface area (Å²) in [5, 5.41) is 2.93. The van der Waals surface area contributed by atoms with Crippen LogP contribution in [0.25, 0.3) is 0 Å². The maximum atomic E-state index is 12.5. The first-order valence-electron chi connectivity index (χ1n) is 8.79. The summed E-state index contributed by atoms with van der Waals surface area (Å²) in [6.07, 6.45) is 0.254. The fourth-order valence-corrected chi connectivity index (χ4v) is 3.29. The van der Waals surface area contributed by atoms with Crippen LogP contribution >= 0.6 is 0 Å². The van der Waals surface area contributed by atoms with Crippen molar-refractivity contribution in [2.24, 2.45) is 0 Å². The highest BCUT2D eigenvalue weighted by molar-refractivity contribution is 5.99. The second kappa shape index (κ2) is 7.19. The number of carbonyl (C=O) groups excluding carboxylic acids is 2. The molecule has 2 aromatic carbocycles. The van der Waals surface area contributed by atoms with Crippen LogP contribution in [0.4, 0.5) is 5.69 Å². The van der Waals surface area contributed by atoms with Crippen molar-refractivity contribution in [3.8, 4) is 17.2 Å². The standard InChI is InChI=1S/C20H20N2O5/c1-25-16-4-2-3-13(9-16)20(24)21-14-10-19(23)22(12-14)15-5-6-17-18(11-15)27-8-7-26-17/h2-6,9,11,14H,7-8,10,12H2,1H3,(H,21,24)/t14-/m0/s1. The third kappa shape index (κ3) is 3.53. The minimum absolute atomic E-state index is 0.0392. The van der Waals surface area contributed by atoms with E-state index in [0.717, 1.165) is 5.69 Å². The molecular formula is C20H20N2O5. The molecule has 7 nitrogen and oxygen atoms in total. The minimum Gasteiger partial charge on any atom is -0.497 e. The number of fused-ring (bicyclic) bond motifs is 1. The molecule has 1 atom stereocenters. The van der Waals surface area contributed by atoms with E-state index in [-0.39, 0.29) is 24.3 Å². The monoisotopic (exact) mass is 368 g/mol. The third-order valence-corrected chi connectivity index (χ3v) is 4.63. The number of hydrogen-bond acceptors (Lipinski definition) is 5. The lowest BCUT2D eigenvalue weighted by Gasteiger charge is -2.22. The van der Waals surface area contributed by atoms with Gasteiger partial charge in [0.25, 0.3) is 5.91 Å². The zero-order valence-electron chi connectivity index (χ0n) is 14.9. The van der Waals surface area contributed by atoms with Gasteiger partial charge in [-0.15, -0.1) is 0 Å². The number of carbonyl (C=O) groups is 2. The molecule has 0 bridgehead atoms. The van der Waals surface area contributed by atoms with Crippen LogP contribution in [0.1, 0.15) is 16.8 Å². The van der Waals surface area contributed by atoms with Crippen molar-refractivity contribution >= 4 is 17.5 Å². The average molecular weight is 368 g/mol. The first kappa shape index (κ1) is 17.2. The molecule has 0 unspecified atom stereocenters. The number of ether oxygens (including phenoxy) is 3. The van der Waals surface area contributed by atoms with Crippen LogP contribution in [0.2, 0.25) is 0 Å². The summed E-state index contributed by atoms with van der Waals surface area (Å²) >= 11 is 0. The highest BCUT2D eigenvalue weighted by Crippen LogP contribution is 2.35. The predicted octanol–water partition coefficient (Wildman–Crippen LogP) is 2.00. The Hall–Kier alpha value is -3.22. The molecule has 2 amide bonds. The number of anilines is 1. The number of hydrogen-bond donors (Lipinski definition) is 1. The first-order valence-corrected chi connectivity index (χ1v) is 8.79. The van der Waals surface area contributed by atoms with Gasteiger partial charge in [-0.3, -0.25) is 9.59 Å². The summed E-state index contributed by atoms with van der Waals surface area (Å²) in [6, 6.07) is 12.1. The Morgan fingerprint density at radius 2 is 1.96 bits per heavy atom. The van der Waals surface area contributed by atoms with Gasteiger partial charge < -0.3 is 24.4 Å². The molecule has 0 saturated carbocycles. The van der Waals surface area contributed by atoms with Crippen molar-refractivity contribution in [3.05, 3.63) is 48.0 Å². The van der Waals surface area contributed by atoms with E-state index in [1.54, 1.807) is 48.4 Å². The number of nitrogens with zero attached hydrogens (tertiary/aromatic N) is 1. The van der Waals surface area contributed by atoms with Crippen molar-refractivity contribution in [1.82, 2.24) is 5.32 Å². The molecule has 1 saturated heterocycles. The van der Waals surface area contributed by atoms with E-state index >= 15 is 0 Å². The normalized spacial score (nSPS) is 18.3. The Kier molecular flexibility index (Phi) is 4.58. The molecular weight excluding hydrogens is 348 g/mol. The predicted molar refractivity (Wildman–Crippen MR) is 98.7 cm³/mol. The zero-order valence-corrected chi connectivity index (χ0v) is 14.9. The molecule has 1 fully saturated rings. The Morgan fingerprint density at radius 1 is 1.15 bits per heavy atom. The maximum Gasteiger partial charge on any atom is 0.251 e. The molecule has 140 valence electrons. The highest BCUT2D eigenvalue weighted by Gasteiger charge is 2.32. The largest absolute Gasteiger partial charge is 0.497 e. The average Bonchev–Trinajstić information content (AvgIpc) is 3.07. The summed E-state index contributed by atoms with van der Waals surface area (Å²) in [5.74, 6) is 1.66. The van der Waals surface area contributed by atoms with Gasteiger partial charge >= 0.3 is 0 Å². The molecule has 1 N–H and O–H groups in total. The molecule has 7 heteroatoms. The van der Waals surface area contributed by atoms with E-state index in [4.69, 9.17) is 14.2 Å². The van der Waals surface area contributed by atoms with E-state index in [1.807, 2.05) is 6.07 Å². The smallest absolute Gasteiger partial charge is 0.251 e. The Morgan fingerprint density at radius 3 is 2.78 bits per heavy atom. The molecule has 27 heavy (non-hydrogen) atoms. The SMILES string of the molecule is COc1cccc(C(=O)N[C@H]2CC(=O)N(c3ccc4c(c3)OCCO4)C2)c1. The van der Waals surface area contributed by atoms with Crippen LogP contribution in [0, 0.1) is 0 Å². The van der Waals surface area contributed by atoms with Gasteiger partial charge in [-0.2, -0.15) is 0 Å². The van der Waals surface area contributed by atoms with E-state index in [0.29, 0.717) is 42.6 Å². The molecule has 2 heterocycles. The summed E-state index contributed by atoms with van der Waals surface area (Å²) in [6.45, 7) is 1.42. The lowest BCUT2D eigenvalue weighted by molar-refractivity contribution is -0.117. The molecule has 0 spiro atoms. The molecule has 2 aromatic rings. The van der Waals surface area contributed by atoms with Crippen LogP contribution in [0.5, 0.6) is 17.2 Å². The molecule has 2 aliphatic rings. The zero-order chi connectivity index (χ0) is 18.8. The van der Waals surface area contributed by atoms with Gasteiger partial charge in [-0.25, -0.2) is 0 Å². The van der Waals surface area contributed by atoms with E-state index in [9.17, 15) is 9.59 Å². The molecule has 4 rings (SSSR count). The van der Waals surface area contributed by atoms with Gasteiger partial charge in [-0.05, 0) is 30.3 Å². The summed E-state index contributed by atoms with van der Waals surface area (Å²) < 4.78 is 16.2. The van der Waals surface area contributed by atoms with E-state index in [2.05, 4.69) is 5.32 Å². The van der Waals surface area contributed by atoms with Crippen molar-refractivity contribution < 1.29 is 23.8 Å². The Balaban J connectivity index is 1.45. The second-order valence-corrected chi connectivity index (χ2v) is 6.44. The minimum atomic E-state index is -0.260. The number of rotatable bonds is 4. The van der Waals surface area contributed by atoms with E-state index < -0.39 is 0 Å². The Bertz CT molecular complexity index is 882. The highest BCUT2D eigenvalue weighted by atomic mass is 16.6. The fourth-order valence-electron chi connectivity index (χ4n) is 3.29. The van der Waals surface area contributed by atoms with Crippen LogP contribution in [-0.4, -0.2) is 44.7 Å². The third-order valence-electron chi connectivity index (χ3n) is 4.63. The lowest BCUT2D eigenvalue weighted by atomic mass is 10.1. The van der Waals surface area contributed by atoms with Crippen LogP contribution < -0.4 is 24.4 Å².